The molecule has 0 aliphatic carbocycles. The maximum Gasteiger partial charge on any atom is 0.261 e. The van der Waals surface area contributed by atoms with Crippen LogP contribution >= 0.6 is 0 Å². The molecule has 1 aliphatic rings. The Bertz CT molecular complexity index is 890. The van der Waals surface area contributed by atoms with E-state index in [1.54, 1.807) is 12.4 Å². The second kappa shape index (κ2) is 6.47. The van der Waals surface area contributed by atoms with Crippen LogP contribution in [0.25, 0.3) is 0 Å². The van der Waals surface area contributed by atoms with Crippen LogP contribution in [0, 0.1) is 0 Å². The normalized spacial score (nSPS) is 16.5. The highest BCUT2D eigenvalue weighted by molar-refractivity contribution is 6.07. The van der Waals surface area contributed by atoms with E-state index in [2.05, 4.69) is 21.1 Å². The molecular formula is C19H19N5O. The molecule has 2 aromatic heterocycles. The van der Waals surface area contributed by atoms with Crippen LogP contribution in [-0.2, 0) is 12.8 Å². The molecule has 0 N–H and O–H groups in total. The Morgan fingerprint density at radius 1 is 1.28 bits per heavy atom. The van der Waals surface area contributed by atoms with Crippen LogP contribution in [-0.4, -0.2) is 32.2 Å². The van der Waals surface area contributed by atoms with Crippen LogP contribution in [0.2, 0.25) is 0 Å². The van der Waals surface area contributed by atoms with Crippen LogP contribution in [0.3, 0.4) is 0 Å². The minimum Gasteiger partial charge on any atom is -0.306 e. The number of carbonyl (C=O) groups excluding carboxylic acids is 1. The van der Waals surface area contributed by atoms with E-state index in [0.717, 1.165) is 23.4 Å². The molecule has 25 heavy (non-hydrogen) atoms. The fourth-order valence-corrected chi connectivity index (χ4v) is 3.40. The molecule has 0 fully saturated rings. The van der Waals surface area contributed by atoms with Gasteiger partial charge >= 0.3 is 0 Å². The molecule has 126 valence electrons. The van der Waals surface area contributed by atoms with Crippen molar-refractivity contribution in [3.05, 3.63) is 72.1 Å². The lowest BCUT2D eigenvalue weighted by atomic mass is 9.97. The van der Waals surface area contributed by atoms with E-state index >= 15 is 0 Å². The van der Waals surface area contributed by atoms with E-state index < -0.39 is 0 Å². The van der Waals surface area contributed by atoms with Gasteiger partial charge in [-0.3, -0.25) is 9.48 Å². The molecule has 1 atom stereocenters. The summed E-state index contributed by atoms with van der Waals surface area (Å²) >= 11 is 0. The molecule has 0 unspecified atom stereocenters. The monoisotopic (exact) mass is 333 g/mol. The van der Waals surface area contributed by atoms with Gasteiger partial charge in [0, 0.05) is 30.8 Å². The maximum absolute atomic E-state index is 13.3. The van der Waals surface area contributed by atoms with Crippen molar-refractivity contribution in [3.63, 3.8) is 0 Å². The van der Waals surface area contributed by atoms with E-state index in [4.69, 9.17) is 0 Å². The summed E-state index contributed by atoms with van der Waals surface area (Å²) in [6.45, 7) is 2.57. The molecule has 4 rings (SSSR count). The molecule has 1 aliphatic heterocycles. The maximum atomic E-state index is 13.3. The number of hydrogen-bond donors (Lipinski definition) is 0. The van der Waals surface area contributed by atoms with Crippen LogP contribution in [0.5, 0.6) is 0 Å². The predicted octanol–water partition coefficient (Wildman–Crippen LogP) is 2.68. The fraction of sp³-hybridized carbons (Fsp3) is 0.263. The number of fused-ring (bicyclic) bond motifs is 1. The molecule has 0 radical (unpaired) electrons. The lowest BCUT2D eigenvalue weighted by molar-refractivity contribution is 0.0978. The predicted molar refractivity (Wildman–Crippen MR) is 94.5 cm³/mol. The Labute approximate surface area is 146 Å². The molecule has 6 nitrogen and oxygen atoms in total. The summed E-state index contributed by atoms with van der Waals surface area (Å²) in [6, 6.07) is 10.1. The average molecular weight is 333 g/mol. The van der Waals surface area contributed by atoms with Crippen molar-refractivity contribution in [3.8, 4) is 0 Å². The van der Waals surface area contributed by atoms with E-state index in [9.17, 15) is 4.79 Å². The highest BCUT2D eigenvalue weighted by Gasteiger charge is 2.31. The lowest BCUT2D eigenvalue weighted by Gasteiger charge is -2.35. The first kappa shape index (κ1) is 15.5. The molecule has 0 spiro atoms. The van der Waals surface area contributed by atoms with Gasteiger partial charge in [0.25, 0.3) is 5.91 Å². The van der Waals surface area contributed by atoms with Crippen molar-refractivity contribution in [2.45, 2.75) is 25.8 Å². The highest BCUT2D eigenvalue weighted by Crippen LogP contribution is 2.32. The summed E-state index contributed by atoms with van der Waals surface area (Å²) in [5.41, 5.74) is 3.46. The summed E-state index contributed by atoms with van der Waals surface area (Å²) in [6.07, 6.45) is 8.38. The van der Waals surface area contributed by atoms with Gasteiger partial charge in [-0.15, -0.1) is 0 Å². The Morgan fingerprint density at radius 3 is 2.96 bits per heavy atom. The Morgan fingerprint density at radius 2 is 2.16 bits per heavy atom. The number of benzene rings is 1. The topological polar surface area (TPSA) is 63.9 Å². The molecule has 1 aromatic carbocycles. The second-order valence-electron chi connectivity index (χ2n) is 6.13. The average Bonchev–Trinajstić information content (AvgIpc) is 3.21. The van der Waals surface area contributed by atoms with Crippen molar-refractivity contribution >= 4 is 11.6 Å². The zero-order valence-electron chi connectivity index (χ0n) is 14.0. The SMILES string of the molecule is CCc1ncncc1C(=O)N1C[C@H](n2cccn2)Cc2ccccc21. The number of rotatable bonds is 3. The van der Waals surface area contributed by atoms with Crippen molar-refractivity contribution in [1.82, 2.24) is 19.7 Å². The number of aryl methyl sites for hydroxylation is 1. The molecular weight excluding hydrogens is 314 g/mol. The number of anilines is 1. The summed E-state index contributed by atoms with van der Waals surface area (Å²) in [7, 11) is 0. The minimum atomic E-state index is -0.0539. The van der Waals surface area contributed by atoms with E-state index in [0.29, 0.717) is 18.5 Å². The second-order valence-corrected chi connectivity index (χ2v) is 6.13. The van der Waals surface area contributed by atoms with Gasteiger partial charge in [-0.1, -0.05) is 25.1 Å². The van der Waals surface area contributed by atoms with Gasteiger partial charge in [-0.25, -0.2) is 9.97 Å². The Balaban J connectivity index is 1.75. The smallest absolute Gasteiger partial charge is 0.261 e. The van der Waals surface area contributed by atoms with Crippen LogP contribution in [0.1, 0.15) is 34.6 Å². The molecule has 0 saturated carbocycles. The van der Waals surface area contributed by atoms with Gasteiger partial charge < -0.3 is 4.90 Å². The molecule has 3 heterocycles. The van der Waals surface area contributed by atoms with Crippen molar-refractivity contribution < 1.29 is 4.79 Å². The zero-order chi connectivity index (χ0) is 17.2. The summed E-state index contributed by atoms with van der Waals surface area (Å²) in [5.74, 6) is -0.0539. The van der Waals surface area contributed by atoms with E-state index in [1.165, 1.54) is 6.33 Å². The molecule has 0 bridgehead atoms. The molecule has 3 aromatic rings. The quantitative estimate of drug-likeness (QED) is 0.739. The molecule has 6 heteroatoms. The Kier molecular flexibility index (Phi) is 4.01. The highest BCUT2D eigenvalue weighted by atomic mass is 16.2. The van der Waals surface area contributed by atoms with Crippen molar-refractivity contribution in [2.75, 3.05) is 11.4 Å². The van der Waals surface area contributed by atoms with Gasteiger partial charge in [-0.2, -0.15) is 5.10 Å². The largest absolute Gasteiger partial charge is 0.306 e. The number of aromatic nitrogens is 4. The minimum absolute atomic E-state index is 0.0539. The number of nitrogens with zero attached hydrogens (tertiary/aromatic N) is 5. The van der Waals surface area contributed by atoms with Crippen LogP contribution in [0.4, 0.5) is 5.69 Å². The third kappa shape index (κ3) is 2.80. The Hall–Kier alpha value is -3.02. The van der Waals surface area contributed by atoms with E-state index in [1.807, 2.05) is 47.0 Å². The van der Waals surface area contributed by atoms with Crippen LogP contribution < -0.4 is 4.90 Å². The third-order valence-electron chi connectivity index (χ3n) is 4.64. The summed E-state index contributed by atoms with van der Waals surface area (Å²) in [4.78, 5) is 23.4. The van der Waals surface area contributed by atoms with E-state index in [-0.39, 0.29) is 11.9 Å². The van der Waals surface area contributed by atoms with Crippen LogP contribution in [0.15, 0.2) is 55.2 Å². The fourth-order valence-electron chi connectivity index (χ4n) is 3.40. The summed E-state index contributed by atoms with van der Waals surface area (Å²) < 4.78 is 1.93. The number of para-hydroxylation sites is 1. The number of amides is 1. The first-order valence-electron chi connectivity index (χ1n) is 8.45. The molecule has 0 saturated heterocycles. The van der Waals surface area contributed by atoms with Gasteiger partial charge in [0.05, 0.1) is 17.3 Å². The van der Waals surface area contributed by atoms with Crippen molar-refractivity contribution in [2.24, 2.45) is 0 Å². The van der Waals surface area contributed by atoms with Crippen molar-refractivity contribution in [1.29, 1.82) is 0 Å². The first-order valence-corrected chi connectivity index (χ1v) is 8.45. The third-order valence-corrected chi connectivity index (χ3v) is 4.64. The lowest BCUT2D eigenvalue weighted by Crippen LogP contribution is -2.41. The number of carbonyl (C=O) groups is 1. The van der Waals surface area contributed by atoms with Gasteiger partial charge in [0.1, 0.15) is 6.33 Å². The first-order chi connectivity index (χ1) is 12.3. The van der Waals surface area contributed by atoms with Gasteiger partial charge in [0.2, 0.25) is 0 Å². The summed E-state index contributed by atoms with van der Waals surface area (Å²) in [5, 5.41) is 4.37. The van der Waals surface area contributed by atoms with Gasteiger partial charge in [0.15, 0.2) is 0 Å². The standard InChI is InChI=1S/C19H19N5O/c1-2-17-16(11-20-13-21-17)19(25)23-12-15(24-9-5-8-22-24)10-14-6-3-4-7-18(14)23/h3-9,11,13,15H,2,10,12H2,1H3/t15-/m1/s1. The molecule has 1 amide bonds. The number of hydrogen-bond acceptors (Lipinski definition) is 4. The van der Waals surface area contributed by atoms with Gasteiger partial charge in [-0.05, 0) is 30.5 Å². The zero-order valence-corrected chi connectivity index (χ0v) is 14.0.